The van der Waals surface area contributed by atoms with Crippen molar-refractivity contribution in [2.75, 3.05) is 6.61 Å². The van der Waals surface area contributed by atoms with E-state index < -0.39 is 29.6 Å². The predicted octanol–water partition coefficient (Wildman–Crippen LogP) is 4.01. The van der Waals surface area contributed by atoms with Crippen molar-refractivity contribution in [1.29, 1.82) is 0 Å². The number of ketones is 1. The van der Waals surface area contributed by atoms with Gasteiger partial charge in [-0.05, 0) is 31.7 Å². The summed E-state index contributed by atoms with van der Waals surface area (Å²) in [6.07, 6.45) is 10.7. The lowest BCUT2D eigenvalue weighted by molar-refractivity contribution is -0.148. The number of allylic oxidation sites excluding steroid dienone is 2. The first-order valence-electron chi connectivity index (χ1n) is 12.2. The Morgan fingerprint density at radius 1 is 1.23 bits per heavy atom. The first kappa shape index (κ1) is 28.1. The number of rotatable bonds is 15. The van der Waals surface area contributed by atoms with Crippen molar-refractivity contribution in [1.82, 2.24) is 9.55 Å². The highest BCUT2D eigenvalue weighted by molar-refractivity contribution is 5.79. The van der Waals surface area contributed by atoms with Crippen LogP contribution in [0, 0.1) is 6.92 Å². The van der Waals surface area contributed by atoms with Gasteiger partial charge in [-0.1, -0.05) is 43.5 Å². The van der Waals surface area contributed by atoms with Gasteiger partial charge in [0, 0.05) is 42.4 Å². The van der Waals surface area contributed by atoms with E-state index in [0.717, 1.165) is 32.1 Å². The predicted molar refractivity (Wildman–Crippen MR) is 130 cm³/mol. The molecule has 0 radical (unpaired) electrons. The zero-order chi connectivity index (χ0) is 25.6. The van der Waals surface area contributed by atoms with Gasteiger partial charge in [0.05, 0.1) is 6.04 Å². The lowest BCUT2D eigenvalue weighted by Crippen LogP contribution is -2.33. The standard InChI is InChI=1S/C24H35N5O6/c1-3-4-8-11-18(30)12-9-6-5-7-10-13-22(31)34-16-20-19(27-28-25)14-21(35-20)29-15-17(2)23(32)26-24(29)33/h4,8,15,19-21H,3,5-7,9-14,16H2,1-2H3,(H,26,32,33)/b8-4-/t19-,20+,21?/m0/s1. The number of hydrogen-bond acceptors (Lipinski definition) is 7. The Balaban J connectivity index is 1.69. The fourth-order valence-corrected chi connectivity index (χ4v) is 3.88. The Morgan fingerprint density at radius 2 is 1.94 bits per heavy atom. The van der Waals surface area contributed by atoms with E-state index in [9.17, 15) is 19.2 Å². The van der Waals surface area contributed by atoms with Crippen LogP contribution < -0.4 is 11.2 Å². The molecule has 0 aromatic carbocycles. The lowest BCUT2D eigenvalue weighted by atomic mass is 10.1. The monoisotopic (exact) mass is 489 g/mol. The SMILES string of the molecule is CC/C=C\CC(=O)CCCCCCCC(=O)OC[C@H]1OC(n2cc(C)c(=O)[nH]c2=O)C[C@@H]1N=[N+]=[N-]. The second-order valence-corrected chi connectivity index (χ2v) is 8.69. The summed E-state index contributed by atoms with van der Waals surface area (Å²) in [5.74, 6) is -0.110. The molecule has 192 valence electrons. The van der Waals surface area contributed by atoms with Crippen LogP contribution in [0.4, 0.5) is 0 Å². The molecule has 0 spiro atoms. The lowest BCUT2D eigenvalue weighted by Gasteiger charge is -2.16. The van der Waals surface area contributed by atoms with Gasteiger partial charge in [0.1, 0.15) is 24.7 Å². The summed E-state index contributed by atoms with van der Waals surface area (Å²) < 4.78 is 12.4. The van der Waals surface area contributed by atoms with E-state index in [1.165, 1.54) is 10.8 Å². The van der Waals surface area contributed by atoms with Crippen molar-refractivity contribution in [3.05, 3.63) is 55.2 Å². The van der Waals surface area contributed by atoms with Crippen LogP contribution >= 0.6 is 0 Å². The molecular formula is C24H35N5O6. The third kappa shape index (κ3) is 9.54. The highest BCUT2D eigenvalue weighted by Crippen LogP contribution is 2.30. The van der Waals surface area contributed by atoms with E-state index in [2.05, 4.69) is 15.0 Å². The van der Waals surface area contributed by atoms with Crippen LogP contribution in [0.15, 0.2) is 33.1 Å². The van der Waals surface area contributed by atoms with Crippen LogP contribution in [0.3, 0.4) is 0 Å². The fourth-order valence-electron chi connectivity index (χ4n) is 3.88. The Labute approximate surface area is 204 Å². The molecule has 2 rings (SSSR count). The third-order valence-electron chi connectivity index (χ3n) is 5.85. The van der Waals surface area contributed by atoms with E-state index in [4.69, 9.17) is 15.0 Å². The van der Waals surface area contributed by atoms with Gasteiger partial charge in [0.15, 0.2) is 0 Å². The number of nitrogens with one attached hydrogen (secondary N) is 1. The molecule has 3 atom stereocenters. The van der Waals surface area contributed by atoms with Gasteiger partial charge in [0.2, 0.25) is 0 Å². The van der Waals surface area contributed by atoms with E-state index in [1.807, 2.05) is 19.1 Å². The maximum atomic E-state index is 12.1. The molecule has 1 aliphatic rings. The zero-order valence-corrected chi connectivity index (χ0v) is 20.5. The molecular weight excluding hydrogens is 454 g/mol. The number of unbranched alkanes of at least 4 members (excludes halogenated alkanes) is 4. The van der Waals surface area contributed by atoms with Gasteiger partial charge in [-0.2, -0.15) is 0 Å². The smallest absolute Gasteiger partial charge is 0.330 e. The van der Waals surface area contributed by atoms with Crippen LogP contribution in [0.25, 0.3) is 10.4 Å². The Kier molecular flexibility index (Phi) is 12.0. The van der Waals surface area contributed by atoms with Crippen molar-refractivity contribution in [3.63, 3.8) is 0 Å². The average Bonchev–Trinajstić information content (AvgIpc) is 3.22. The highest BCUT2D eigenvalue weighted by atomic mass is 16.6. The van der Waals surface area contributed by atoms with Gasteiger partial charge < -0.3 is 9.47 Å². The highest BCUT2D eigenvalue weighted by Gasteiger charge is 2.37. The minimum absolute atomic E-state index is 0.0926. The Hall–Kier alpha value is -3.17. The van der Waals surface area contributed by atoms with Crippen molar-refractivity contribution >= 4 is 11.8 Å². The number of aromatic nitrogens is 2. The molecule has 0 bridgehead atoms. The van der Waals surface area contributed by atoms with Crippen LogP contribution in [0.1, 0.15) is 82.9 Å². The number of hydrogen-bond donors (Lipinski definition) is 1. The molecule has 1 saturated heterocycles. The summed E-state index contributed by atoms with van der Waals surface area (Å²) in [5.41, 5.74) is 8.10. The largest absolute Gasteiger partial charge is 0.463 e. The van der Waals surface area contributed by atoms with Crippen molar-refractivity contribution in [2.45, 2.75) is 96.4 Å². The molecule has 1 aliphatic heterocycles. The van der Waals surface area contributed by atoms with Crippen molar-refractivity contribution < 1.29 is 19.1 Å². The summed E-state index contributed by atoms with van der Waals surface area (Å²) in [5, 5.41) is 3.71. The number of esters is 1. The molecule has 1 aromatic rings. The summed E-state index contributed by atoms with van der Waals surface area (Å²) >= 11 is 0. The number of azide groups is 1. The maximum absolute atomic E-state index is 12.1. The Bertz CT molecular complexity index is 1040. The molecule has 2 heterocycles. The number of Topliss-reactive ketones (excluding diaryl/α,β-unsaturated/α-hetero) is 1. The normalized spacial score (nSPS) is 19.5. The topological polar surface area (TPSA) is 156 Å². The quantitative estimate of drug-likeness (QED) is 0.0979. The van der Waals surface area contributed by atoms with Gasteiger partial charge in [-0.3, -0.25) is 23.9 Å². The molecule has 11 heteroatoms. The van der Waals surface area contributed by atoms with Crippen molar-refractivity contribution in [3.8, 4) is 0 Å². The number of carbonyl (C=O) groups excluding carboxylic acids is 2. The van der Waals surface area contributed by atoms with E-state index >= 15 is 0 Å². The summed E-state index contributed by atoms with van der Waals surface area (Å²) in [6, 6.07) is -0.614. The molecule has 1 N–H and O–H groups in total. The van der Waals surface area contributed by atoms with Gasteiger partial charge in [-0.15, -0.1) is 0 Å². The molecule has 1 unspecified atom stereocenters. The second kappa shape index (κ2) is 15.0. The van der Waals surface area contributed by atoms with E-state index in [0.29, 0.717) is 24.8 Å². The van der Waals surface area contributed by atoms with Crippen LogP contribution in [0.2, 0.25) is 0 Å². The fraction of sp³-hybridized carbons (Fsp3) is 0.667. The first-order chi connectivity index (χ1) is 16.8. The molecule has 1 fully saturated rings. The molecule has 1 aromatic heterocycles. The first-order valence-corrected chi connectivity index (χ1v) is 12.2. The molecule has 0 saturated carbocycles. The van der Waals surface area contributed by atoms with Crippen LogP contribution in [0.5, 0.6) is 0 Å². The minimum atomic E-state index is -0.744. The Morgan fingerprint density at radius 3 is 2.66 bits per heavy atom. The maximum Gasteiger partial charge on any atom is 0.330 e. The number of aromatic amines is 1. The third-order valence-corrected chi connectivity index (χ3v) is 5.85. The van der Waals surface area contributed by atoms with Crippen LogP contribution in [-0.2, 0) is 19.1 Å². The molecule has 11 nitrogen and oxygen atoms in total. The number of ether oxygens (including phenoxy) is 2. The number of H-pyrrole nitrogens is 1. The summed E-state index contributed by atoms with van der Waals surface area (Å²) in [4.78, 5) is 52.6. The zero-order valence-electron chi connectivity index (χ0n) is 20.5. The van der Waals surface area contributed by atoms with Gasteiger partial charge in [0.25, 0.3) is 5.56 Å². The summed E-state index contributed by atoms with van der Waals surface area (Å²) in [7, 11) is 0. The van der Waals surface area contributed by atoms with Crippen LogP contribution in [-0.4, -0.2) is 40.1 Å². The van der Waals surface area contributed by atoms with Gasteiger partial charge >= 0.3 is 11.7 Å². The summed E-state index contributed by atoms with van der Waals surface area (Å²) in [6.45, 7) is 3.51. The molecule has 0 aliphatic carbocycles. The molecule has 35 heavy (non-hydrogen) atoms. The number of carbonyl (C=O) groups is 2. The van der Waals surface area contributed by atoms with E-state index in [1.54, 1.807) is 6.92 Å². The molecule has 0 amide bonds. The van der Waals surface area contributed by atoms with Gasteiger partial charge in [-0.25, -0.2) is 4.79 Å². The number of nitrogens with zero attached hydrogens (tertiary/aromatic N) is 4. The number of aryl methyl sites for hydroxylation is 1. The average molecular weight is 490 g/mol. The minimum Gasteiger partial charge on any atom is -0.463 e. The van der Waals surface area contributed by atoms with Crippen molar-refractivity contribution in [2.24, 2.45) is 5.11 Å². The second-order valence-electron chi connectivity index (χ2n) is 8.69. The van der Waals surface area contributed by atoms with E-state index in [-0.39, 0.29) is 31.2 Å².